The lowest BCUT2D eigenvalue weighted by Gasteiger charge is -2.11. The summed E-state index contributed by atoms with van der Waals surface area (Å²) >= 11 is 1.92. The maximum absolute atomic E-state index is 11.9. The monoisotopic (exact) mass is 318 g/mol. The Bertz CT molecular complexity index is 540. The highest BCUT2D eigenvalue weighted by Crippen LogP contribution is 2.28. The van der Waals surface area contributed by atoms with Crippen LogP contribution in [0.3, 0.4) is 0 Å². The average molecular weight is 318 g/mol. The summed E-state index contributed by atoms with van der Waals surface area (Å²) in [6.45, 7) is 0.578. The molecule has 1 aliphatic carbocycles. The second kappa shape index (κ2) is 6.51. The van der Waals surface area contributed by atoms with Crippen molar-refractivity contribution in [2.75, 3.05) is 20.4 Å². The summed E-state index contributed by atoms with van der Waals surface area (Å²) in [4.78, 5) is 0. The van der Waals surface area contributed by atoms with Crippen LogP contribution in [0.2, 0.25) is 0 Å². The first-order chi connectivity index (χ1) is 9.43. The maximum Gasteiger partial charge on any atom is 0.275 e. The van der Waals surface area contributed by atoms with Crippen LogP contribution in [0, 0.1) is 0 Å². The van der Waals surface area contributed by atoms with E-state index in [0.29, 0.717) is 18.3 Å². The summed E-state index contributed by atoms with van der Waals surface area (Å²) in [5.74, 6) is 0.665. The van der Waals surface area contributed by atoms with E-state index in [1.54, 1.807) is 6.07 Å². The Labute approximate surface area is 125 Å². The molecular weight excluding hydrogens is 296 g/mol. The molecule has 7 heteroatoms. The van der Waals surface area contributed by atoms with E-state index >= 15 is 0 Å². The summed E-state index contributed by atoms with van der Waals surface area (Å²) in [6, 6.07) is 3.75. The van der Waals surface area contributed by atoms with Gasteiger partial charge >= 0.3 is 0 Å². The maximum atomic E-state index is 11.9. The largest absolute Gasteiger partial charge is 0.447 e. The molecule has 2 atom stereocenters. The molecule has 2 unspecified atom stereocenters. The Balaban J connectivity index is 1.91. The third-order valence-corrected chi connectivity index (χ3v) is 6.44. The van der Waals surface area contributed by atoms with Crippen LogP contribution >= 0.6 is 11.8 Å². The first kappa shape index (κ1) is 15.9. The van der Waals surface area contributed by atoms with E-state index in [9.17, 15) is 8.42 Å². The predicted molar refractivity (Wildman–Crippen MR) is 81.4 cm³/mol. The molecule has 1 N–H and O–H groups in total. The van der Waals surface area contributed by atoms with Crippen LogP contribution in [0.5, 0.6) is 0 Å². The van der Waals surface area contributed by atoms with Crippen LogP contribution in [0.25, 0.3) is 0 Å². The highest BCUT2D eigenvalue weighted by Gasteiger charge is 2.24. The molecule has 2 rings (SSSR count). The first-order valence-corrected chi connectivity index (χ1v) is 9.43. The van der Waals surface area contributed by atoms with Crippen molar-refractivity contribution in [1.29, 1.82) is 0 Å². The van der Waals surface area contributed by atoms with Gasteiger partial charge in [0.2, 0.25) is 5.09 Å². The number of hydrogen-bond donors (Lipinski definition) is 1. The van der Waals surface area contributed by atoms with Gasteiger partial charge in [0.25, 0.3) is 10.0 Å². The molecule has 1 heterocycles. The van der Waals surface area contributed by atoms with Gasteiger partial charge < -0.3 is 9.73 Å². The number of sulfonamides is 1. The van der Waals surface area contributed by atoms with Crippen molar-refractivity contribution in [3.63, 3.8) is 0 Å². The average Bonchev–Trinajstić information content (AvgIpc) is 3.05. The Kier molecular flexibility index (Phi) is 5.17. The van der Waals surface area contributed by atoms with Gasteiger partial charge in [0, 0.05) is 25.4 Å². The number of nitrogens with one attached hydrogen (secondary N) is 1. The van der Waals surface area contributed by atoms with Gasteiger partial charge in [0.1, 0.15) is 5.76 Å². The SMILES string of the molecule is CSC1CCC(NCc2ccc(S(=O)(=O)N(C)C)o2)C1. The lowest BCUT2D eigenvalue weighted by molar-refractivity contribution is 0.378. The lowest BCUT2D eigenvalue weighted by atomic mass is 10.2. The Morgan fingerprint density at radius 2 is 2.15 bits per heavy atom. The molecule has 1 aromatic heterocycles. The molecule has 1 fully saturated rings. The Morgan fingerprint density at radius 1 is 1.40 bits per heavy atom. The molecule has 5 nitrogen and oxygen atoms in total. The smallest absolute Gasteiger partial charge is 0.275 e. The van der Waals surface area contributed by atoms with E-state index in [-0.39, 0.29) is 5.09 Å². The summed E-state index contributed by atoms with van der Waals surface area (Å²) < 4.78 is 30.4. The molecule has 0 radical (unpaired) electrons. The topological polar surface area (TPSA) is 62.6 Å². The van der Waals surface area contributed by atoms with Crippen LogP contribution in [-0.4, -0.2) is 44.4 Å². The molecule has 114 valence electrons. The highest BCUT2D eigenvalue weighted by molar-refractivity contribution is 7.99. The van der Waals surface area contributed by atoms with E-state index in [1.807, 2.05) is 11.8 Å². The van der Waals surface area contributed by atoms with Crippen molar-refractivity contribution >= 4 is 21.8 Å². The number of nitrogens with zero attached hydrogens (tertiary/aromatic N) is 1. The second-order valence-corrected chi connectivity index (χ2v) is 8.48. The third kappa shape index (κ3) is 3.58. The van der Waals surface area contributed by atoms with Crippen molar-refractivity contribution < 1.29 is 12.8 Å². The van der Waals surface area contributed by atoms with E-state index in [1.165, 1.54) is 39.4 Å². The van der Waals surface area contributed by atoms with E-state index in [4.69, 9.17) is 4.42 Å². The third-order valence-electron chi connectivity index (χ3n) is 3.65. The zero-order chi connectivity index (χ0) is 14.8. The summed E-state index contributed by atoms with van der Waals surface area (Å²) in [5.41, 5.74) is 0. The fourth-order valence-electron chi connectivity index (χ4n) is 2.36. The molecule has 1 aliphatic rings. The van der Waals surface area contributed by atoms with E-state index in [2.05, 4.69) is 11.6 Å². The standard InChI is InChI=1S/C13H22N2O3S2/c1-15(2)20(16,17)13-7-5-11(18-13)9-14-10-4-6-12(8-10)19-3/h5,7,10,12,14H,4,6,8-9H2,1-3H3. The quantitative estimate of drug-likeness (QED) is 0.868. The van der Waals surface area contributed by atoms with Gasteiger partial charge in [-0.2, -0.15) is 11.8 Å². The highest BCUT2D eigenvalue weighted by atomic mass is 32.2. The number of furan rings is 1. The Hall–Kier alpha value is -0.500. The minimum atomic E-state index is -3.47. The molecule has 1 saturated carbocycles. The van der Waals surface area contributed by atoms with Crippen molar-refractivity contribution in [3.05, 3.63) is 17.9 Å². The van der Waals surface area contributed by atoms with Crippen molar-refractivity contribution in [3.8, 4) is 0 Å². The van der Waals surface area contributed by atoms with Crippen LogP contribution in [0.4, 0.5) is 0 Å². The van der Waals surface area contributed by atoms with Gasteiger partial charge in [0.05, 0.1) is 6.54 Å². The molecule has 0 aliphatic heterocycles. The first-order valence-electron chi connectivity index (χ1n) is 6.71. The van der Waals surface area contributed by atoms with Gasteiger partial charge in [-0.05, 0) is 37.7 Å². The summed E-state index contributed by atoms with van der Waals surface area (Å²) in [6.07, 6.45) is 5.75. The van der Waals surface area contributed by atoms with E-state index < -0.39 is 10.0 Å². The molecular formula is C13H22N2O3S2. The molecule has 1 aromatic rings. The van der Waals surface area contributed by atoms with Crippen LogP contribution < -0.4 is 5.32 Å². The summed E-state index contributed by atoms with van der Waals surface area (Å²) in [7, 11) is -0.477. The fraction of sp³-hybridized carbons (Fsp3) is 0.692. The van der Waals surface area contributed by atoms with Crippen LogP contribution in [-0.2, 0) is 16.6 Å². The molecule has 0 amide bonds. The number of thioether (sulfide) groups is 1. The summed E-state index contributed by atoms with van der Waals surface area (Å²) in [5, 5.41) is 4.19. The normalized spacial score (nSPS) is 23.6. The van der Waals surface area contributed by atoms with E-state index in [0.717, 1.165) is 9.56 Å². The lowest BCUT2D eigenvalue weighted by Crippen LogP contribution is -2.26. The Morgan fingerprint density at radius 3 is 2.75 bits per heavy atom. The zero-order valence-corrected chi connectivity index (χ0v) is 13.8. The number of hydrogen-bond acceptors (Lipinski definition) is 5. The van der Waals surface area contributed by atoms with Gasteiger partial charge in [-0.3, -0.25) is 0 Å². The van der Waals surface area contributed by atoms with Gasteiger partial charge in [-0.25, -0.2) is 12.7 Å². The molecule has 0 saturated heterocycles. The van der Waals surface area contributed by atoms with Crippen molar-refractivity contribution in [2.24, 2.45) is 0 Å². The van der Waals surface area contributed by atoms with Gasteiger partial charge in [-0.15, -0.1) is 0 Å². The fourth-order valence-corrected chi connectivity index (χ4v) is 3.97. The molecule has 20 heavy (non-hydrogen) atoms. The van der Waals surface area contributed by atoms with Crippen LogP contribution in [0.1, 0.15) is 25.0 Å². The van der Waals surface area contributed by atoms with Crippen LogP contribution in [0.15, 0.2) is 21.6 Å². The molecule has 0 aromatic carbocycles. The predicted octanol–water partition coefficient (Wildman–Crippen LogP) is 1.90. The van der Waals surface area contributed by atoms with Gasteiger partial charge in [0.15, 0.2) is 0 Å². The molecule has 0 spiro atoms. The van der Waals surface area contributed by atoms with Crippen molar-refractivity contribution in [1.82, 2.24) is 9.62 Å². The zero-order valence-electron chi connectivity index (χ0n) is 12.1. The van der Waals surface area contributed by atoms with Gasteiger partial charge in [-0.1, -0.05) is 0 Å². The number of rotatable bonds is 6. The second-order valence-electron chi connectivity index (χ2n) is 5.26. The van der Waals surface area contributed by atoms with Crippen molar-refractivity contribution in [2.45, 2.75) is 42.2 Å². The minimum absolute atomic E-state index is 0.00714. The molecule has 0 bridgehead atoms. The minimum Gasteiger partial charge on any atom is -0.447 e.